The highest BCUT2D eigenvalue weighted by molar-refractivity contribution is 5.77. The molecule has 0 bridgehead atoms. The molecule has 55 nitrogen and oxygen atoms in total. The number of ether oxygens (including phenoxy) is 18. The van der Waals surface area contributed by atoms with Crippen molar-refractivity contribution in [3.05, 3.63) is 0 Å². The fourth-order valence-electron chi connectivity index (χ4n) is 15.8. The van der Waals surface area contributed by atoms with Crippen molar-refractivity contribution in [2.75, 3.05) is 59.5 Å². The van der Waals surface area contributed by atoms with Crippen LogP contribution in [0.4, 0.5) is 0 Å². The first-order valence-corrected chi connectivity index (χ1v) is 39.1. The van der Waals surface area contributed by atoms with Crippen LogP contribution in [0, 0.1) is 0 Å². The SMILES string of the molecule is CC(=O)N[C@@H]1[C@@H](O)[C@H](O[C@@H]2O[C@H](CO)[C@@H](O[C@@H]3O[C@H](CO[C@H]4O[C@H](CO)[C@@H](O)[C@H](O)[C@@H]4O[C@@H]4O[C@H](CO)[C@@H](O)[C@H](O)[C@H]4NC(C)=O)[C@@H](O)[C@H](O[C@H]4O[C@H](CO)[C@@H](O)[C@H](O)[C@@H]4O[C@@H]4O[C@H](CO)[C@@H](O[C@@H]5O[C@H](CO[C@]6(C(=O)O)C[C@H](OC(C)=O)[C@@H](NC(C)=O)[C@H]([C@H](O)[C@H](O)CO)O6)[C@H](O)[C@H](O)[C@H]5O)[C@H](O)[C@H]4NC(C)=O)[C@@H]3O)[C@H](O)[C@H]2NC(C)=O)[C@@H](CO)O[C@H]1O. The van der Waals surface area contributed by atoms with Crippen LogP contribution in [-0.4, -0.2) is 510 Å². The van der Waals surface area contributed by atoms with E-state index in [1.165, 1.54) is 0 Å². The number of nitrogens with one attached hydrogen (secondary N) is 5. The van der Waals surface area contributed by atoms with Gasteiger partial charge in [0.1, 0.15) is 219 Å². The highest BCUT2D eigenvalue weighted by atomic mass is 16.8. The molecule has 9 heterocycles. The second kappa shape index (κ2) is 44.5. The summed E-state index contributed by atoms with van der Waals surface area (Å²) in [5.74, 6) is -10.8. The summed E-state index contributed by atoms with van der Waals surface area (Å²) in [7, 11) is 0. The van der Waals surface area contributed by atoms with Gasteiger partial charge < -0.3 is 240 Å². The Balaban J connectivity index is 1.03. The second-order valence-electron chi connectivity index (χ2n) is 30.9. The van der Waals surface area contributed by atoms with Gasteiger partial charge in [0.25, 0.3) is 5.79 Å². The van der Waals surface area contributed by atoms with Crippen LogP contribution in [0.15, 0.2) is 0 Å². The van der Waals surface area contributed by atoms with E-state index < -0.39 is 389 Å². The number of hydrogen-bond donors (Lipinski definition) is 30. The molecule has 0 aliphatic carbocycles. The number of aliphatic hydroxyl groups is 24. The molecule has 714 valence electrons. The van der Waals surface area contributed by atoms with Crippen molar-refractivity contribution in [3.8, 4) is 0 Å². The lowest BCUT2D eigenvalue weighted by Gasteiger charge is -2.51. The first kappa shape index (κ1) is 102. The maximum Gasteiger partial charge on any atom is 0.364 e. The molecular weight excluding hydrogens is 1700 g/mol. The van der Waals surface area contributed by atoms with Gasteiger partial charge in [-0.15, -0.1) is 0 Å². The van der Waals surface area contributed by atoms with Gasteiger partial charge in [-0.05, 0) is 0 Å². The number of amides is 5. The number of carboxylic acid groups (broad SMARTS) is 1. The van der Waals surface area contributed by atoms with E-state index in [0.717, 1.165) is 41.5 Å². The van der Waals surface area contributed by atoms with Crippen molar-refractivity contribution in [2.24, 2.45) is 0 Å². The largest absolute Gasteiger partial charge is 0.477 e. The van der Waals surface area contributed by atoms with E-state index >= 15 is 0 Å². The Morgan fingerprint density at radius 3 is 1.14 bits per heavy atom. The minimum absolute atomic E-state index is 0.800. The summed E-state index contributed by atoms with van der Waals surface area (Å²) >= 11 is 0. The van der Waals surface area contributed by atoms with E-state index in [2.05, 4.69) is 26.6 Å². The lowest BCUT2D eigenvalue weighted by atomic mass is 9.88. The van der Waals surface area contributed by atoms with Crippen LogP contribution in [0.1, 0.15) is 48.0 Å². The van der Waals surface area contributed by atoms with Gasteiger partial charge in [-0.25, -0.2) is 4.79 Å². The monoisotopic (exact) mass is 1810 g/mol. The van der Waals surface area contributed by atoms with Crippen LogP contribution in [0.25, 0.3) is 0 Å². The summed E-state index contributed by atoms with van der Waals surface area (Å²) in [5.41, 5.74) is 0. The minimum Gasteiger partial charge on any atom is -0.477 e. The third-order valence-electron chi connectivity index (χ3n) is 22.0. The number of aliphatic hydroxyl groups excluding tert-OH is 24. The molecule has 46 atom stereocenters. The van der Waals surface area contributed by atoms with Crippen LogP contribution in [-0.2, 0) is 119 Å². The van der Waals surface area contributed by atoms with E-state index in [1.807, 2.05) is 0 Å². The number of carboxylic acids is 1. The number of esters is 1. The lowest BCUT2D eigenvalue weighted by molar-refractivity contribution is -0.399. The molecule has 124 heavy (non-hydrogen) atoms. The highest BCUT2D eigenvalue weighted by Crippen LogP contribution is 2.42. The van der Waals surface area contributed by atoms with Crippen LogP contribution in [0.3, 0.4) is 0 Å². The molecule has 9 rings (SSSR count). The standard InChI is InChI=1S/C69H113N5O50/c1-17(82)70-33-24(109-22(6)87)7-69(68(105)106,124-56(33)38(89)23(88)8-75)108-16-32-42(93)48(99)51(102)64(117-32)119-54-29(13-80)115-63(37(47(54)98)74-21(5)86)123-59-50(101)41(92)27(11-78)113-67(59)121-57-43(94)31(15-107-66-58(49(100)40(91)26(10-77)112-66)122-61-35(72-19(3)84)44(95)39(90)25(9-76)111-61)116-65(52(57)103)120-55-30(14-81)114-62(36(46(55)97)73-20(4)85)118-53-28(12-79)110-60(104)34(45(53)96)71-18(2)83/h23-67,75-81,88-104H,7-16H2,1-6H3,(H,70,82)(H,71,83)(H,72,84)(H,73,85)(H,74,86)(H,105,106)/t23-,24+,25-,26-,27-,28-,29-,30-,31-,32-,33-,34-,35-,36-,37-,38-,39-,40-,41-,42+,43-,44-,45-,46-,47-,48+,49+,50+,51-,52+,53-,54-,55-,56-,57+,58+,59+,60-,61+,62+,63+,64+,65+,66+,67-,69-/m1/s1. The molecule has 9 fully saturated rings. The van der Waals surface area contributed by atoms with Crippen LogP contribution in [0.2, 0.25) is 0 Å². The summed E-state index contributed by atoms with van der Waals surface area (Å²) in [6.45, 7) is -4.86. The van der Waals surface area contributed by atoms with Gasteiger partial charge >= 0.3 is 11.9 Å². The number of carbonyl (C=O) groups is 7. The number of hydrogen-bond acceptors (Lipinski definition) is 49. The molecule has 0 radical (unpaired) electrons. The summed E-state index contributed by atoms with van der Waals surface area (Å²) in [6, 6.07) is -9.15. The Labute approximate surface area is 701 Å². The van der Waals surface area contributed by atoms with Crippen molar-refractivity contribution in [1.82, 2.24) is 26.6 Å². The van der Waals surface area contributed by atoms with Crippen LogP contribution >= 0.6 is 0 Å². The third kappa shape index (κ3) is 23.1. The van der Waals surface area contributed by atoms with Gasteiger partial charge in [0.2, 0.25) is 29.5 Å². The maximum absolute atomic E-state index is 13.3. The quantitative estimate of drug-likeness (QED) is 0.0266. The van der Waals surface area contributed by atoms with Gasteiger partial charge in [0, 0.05) is 41.5 Å². The second-order valence-corrected chi connectivity index (χ2v) is 30.9. The molecule has 0 saturated carbocycles. The van der Waals surface area contributed by atoms with Crippen molar-refractivity contribution in [2.45, 2.75) is 330 Å². The lowest BCUT2D eigenvalue weighted by Crippen LogP contribution is -2.71. The molecule has 30 N–H and O–H groups in total. The number of aliphatic carboxylic acids is 1. The van der Waals surface area contributed by atoms with Gasteiger partial charge in [0.15, 0.2) is 50.3 Å². The molecule has 9 aliphatic heterocycles. The Bertz CT molecular complexity index is 3470. The molecule has 0 aromatic heterocycles. The predicted molar refractivity (Wildman–Crippen MR) is 382 cm³/mol. The maximum atomic E-state index is 13.3. The van der Waals surface area contributed by atoms with Gasteiger partial charge in [0.05, 0.1) is 71.9 Å². The van der Waals surface area contributed by atoms with Crippen molar-refractivity contribution < 1.29 is 246 Å². The van der Waals surface area contributed by atoms with E-state index in [4.69, 9.17) is 85.3 Å². The average molecular weight is 1810 g/mol. The zero-order valence-electron chi connectivity index (χ0n) is 66.9. The smallest absolute Gasteiger partial charge is 0.364 e. The molecule has 0 aromatic carbocycles. The zero-order chi connectivity index (χ0) is 91.9. The fraction of sp³-hybridized carbons (Fsp3) is 0.899. The summed E-state index contributed by atoms with van der Waals surface area (Å²) in [6.07, 6.45) is -87.7. The van der Waals surface area contributed by atoms with Crippen LogP contribution < -0.4 is 26.6 Å². The Hall–Kier alpha value is -5.35. The van der Waals surface area contributed by atoms with E-state index in [1.54, 1.807) is 0 Å². The zero-order valence-corrected chi connectivity index (χ0v) is 66.9. The summed E-state index contributed by atoms with van der Waals surface area (Å²) in [5, 5.41) is 292. The molecule has 5 amide bonds. The average Bonchev–Trinajstić information content (AvgIpc) is 0.764. The molecular formula is C69H113N5O50. The van der Waals surface area contributed by atoms with E-state index in [-0.39, 0.29) is 0 Å². The molecule has 9 aliphatic rings. The fourth-order valence-corrected chi connectivity index (χ4v) is 15.8. The number of rotatable bonds is 34. The van der Waals surface area contributed by atoms with E-state index in [9.17, 15) is 161 Å². The highest BCUT2D eigenvalue weighted by Gasteiger charge is 2.63. The molecule has 0 unspecified atom stereocenters. The molecule has 0 aromatic rings. The topological polar surface area (TPSA) is 852 Å². The predicted octanol–water partition coefficient (Wildman–Crippen LogP) is -20.1. The Kier molecular flexibility index (Phi) is 36.8. The van der Waals surface area contributed by atoms with Gasteiger partial charge in [-0.3, -0.25) is 28.8 Å². The number of carbonyl (C=O) groups excluding carboxylic acids is 6. The first-order chi connectivity index (χ1) is 58.4. The van der Waals surface area contributed by atoms with Crippen molar-refractivity contribution in [3.63, 3.8) is 0 Å². The van der Waals surface area contributed by atoms with Crippen LogP contribution in [0.5, 0.6) is 0 Å². The van der Waals surface area contributed by atoms with Gasteiger partial charge in [-0.1, -0.05) is 0 Å². The summed E-state index contributed by atoms with van der Waals surface area (Å²) < 4.78 is 106. The normalized spacial score (nSPS) is 45.7. The summed E-state index contributed by atoms with van der Waals surface area (Å²) in [4.78, 5) is 88.9. The molecule has 55 heteroatoms. The van der Waals surface area contributed by atoms with Crippen molar-refractivity contribution >= 4 is 41.5 Å². The minimum atomic E-state index is -3.13. The third-order valence-corrected chi connectivity index (χ3v) is 22.0. The van der Waals surface area contributed by atoms with E-state index in [0.29, 0.717) is 0 Å². The molecule has 0 spiro atoms. The van der Waals surface area contributed by atoms with Gasteiger partial charge in [-0.2, -0.15) is 0 Å². The molecule has 9 saturated heterocycles. The Morgan fingerprint density at radius 1 is 0.347 bits per heavy atom. The Morgan fingerprint density at radius 2 is 0.694 bits per heavy atom. The van der Waals surface area contributed by atoms with Crippen molar-refractivity contribution in [1.29, 1.82) is 0 Å². The first-order valence-electron chi connectivity index (χ1n) is 39.1.